The van der Waals surface area contributed by atoms with Crippen molar-refractivity contribution in [1.82, 2.24) is 4.90 Å². The van der Waals surface area contributed by atoms with E-state index in [9.17, 15) is 22.8 Å². The summed E-state index contributed by atoms with van der Waals surface area (Å²) in [4.78, 5) is 24.0. The Morgan fingerprint density at radius 2 is 1.86 bits per heavy atom. The summed E-state index contributed by atoms with van der Waals surface area (Å²) in [5.41, 5.74) is -0.301. The topological polar surface area (TPSA) is 57.6 Å². The van der Waals surface area contributed by atoms with E-state index < -0.39 is 35.0 Å². The zero-order valence-corrected chi connectivity index (χ0v) is 11.7. The fraction of sp³-hybridized carbons (Fsp3) is 0.385. The first-order valence-corrected chi connectivity index (χ1v) is 7.07. The maximum atomic E-state index is 12.5. The third-order valence-corrected chi connectivity index (χ3v) is 4.50. The number of hydrogen-bond donors (Lipinski definition) is 1. The average Bonchev–Trinajstić information content (AvgIpc) is 2.82. The molecule has 1 aromatic rings. The number of carboxylic acid groups (broad SMARTS) is 1. The summed E-state index contributed by atoms with van der Waals surface area (Å²) in [7, 11) is 0. The van der Waals surface area contributed by atoms with Crippen molar-refractivity contribution in [1.29, 1.82) is 0 Å². The molecule has 1 aliphatic rings. The van der Waals surface area contributed by atoms with E-state index in [1.54, 1.807) is 0 Å². The highest BCUT2D eigenvalue weighted by atomic mass is 32.2. The van der Waals surface area contributed by atoms with E-state index >= 15 is 0 Å². The van der Waals surface area contributed by atoms with Crippen LogP contribution in [0.15, 0.2) is 24.3 Å². The van der Waals surface area contributed by atoms with Crippen LogP contribution in [0.4, 0.5) is 13.2 Å². The van der Waals surface area contributed by atoms with Gasteiger partial charge in [-0.05, 0) is 17.7 Å². The van der Waals surface area contributed by atoms with Crippen LogP contribution < -0.4 is 0 Å². The van der Waals surface area contributed by atoms with Gasteiger partial charge in [0.15, 0.2) is 0 Å². The van der Waals surface area contributed by atoms with E-state index in [2.05, 4.69) is 0 Å². The second kappa shape index (κ2) is 5.59. The molecule has 8 heteroatoms. The van der Waals surface area contributed by atoms with Gasteiger partial charge >= 0.3 is 12.1 Å². The molecule has 4 nitrogen and oxygen atoms in total. The Labute approximate surface area is 122 Å². The lowest BCUT2D eigenvalue weighted by molar-refractivity contribution is -0.148. The highest BCUT2D eigenvalue weighted by Gasteiger charge is 2.41. The van der Waals surface area contributed by atoms with Crippen LogP contribution in [0.2, 0.25) is 0 Å². The predicted octanol–water partition coefficient (Wildman–Crippen LogP) is 2.75. The molecule has 1 saturated heterocycles. The Hall–Kier alpha value is -1.70. The van der Waals surface area contributed by atoms with Crippen LogP contribution in [0.3, 0.4) is 0 Å². The van der Waals surface area contributed by atoms with E-state index in [1.165, 1.54) is 35.7 Å². The maximum absolute atomic E-state index is 12.5. The number of carbonyl (C=O) groups is 2. The van der Waals surface area contributed by atoms with Crippen molar-refractivity contribution in [3.8, 4) is 0 Å². The Kier molecular flexibility index (Phi) is 4.18. The minimum absolute atomic E-state index is 0.209. The Bertz CT molecular complexity index is 559. The standard InChI is InChI=1S/C13H12F3NO3S/c1-7(18)17-10(12(19)20)6-21-11(17)8-2-4-9(5-3-8)13(14,15)16/h2-5,10-11H,6H2,1H3,(H,19,20)/t10-,11+/m1/s1. The Balaban J connectivity index is 2.29. The molecule has 0 bridgehead atoms. The predicted molar refractivity (Wildman–Crippen MR) is 70.6 cm³/mol. The normalized spacial score (nSPS) is 22.4. The highest BCUT2D eigenvalue weighted by molar-refractivity contribution is 7.99. The minimum atomic E-state index is -4.43. The minimum Gasteiger partial charge on any atom is -0.480 e. The van der Waals surface area contributed by atoms with Gasteiger partial charge in [0.05, 0.1) is 5.56 Å². The molecule has 1 heterocycles. The van der Waals surface area contributed by atoms with Crippen LogP contribution in [0.1, 0.15) is 23.4 Å². The quantitative estimate of drug-likeness (QED) is 0.911. The van der Waals surface area contributed by atoms with Crippen molar-refractivity contribution < 1.29 is 27.9 Å². The summed E-state index contributed by atoms with van der Waals surface area (Å²) < 4.78 is 37.6. The van der Waals surface area contributed by atoms with Crippen molar-refractivity contribution in [2.24, 2.45) is 0 Å². The molecule has 1 aliphatic heterocycles. The molecule has 0 radical (unpaired) electrons. The van der Waals surface area contributed by atoms with Crippen LogP contribution in [0.25, 0.3) is 0 Å². The van der Waals surface area contributed by atoms with Crippen molar-refractivity contribution in [3.05, 3.63) is 35.4 Å². The monoisotopic (exact) mass is 319 g/mol. The first-order chi connectivity index (χ1) is 9.71. The molecule has 0 spiro atoms. The molecule has 1 aromatic carbocycles. The van der Waals surface area contributed by atoms with Gasteiger partial charge in [0.2, 0.25) is 5.91 Å². The number of alkyl halides is 3. The van der Waals surface area contributed by atoms with Gasteiger partial charge in [0, 0.05) is 12.7 Å². The number of rotatable bonds is 2. The first-order valence-electron chi connectivity index (χ1n) is 6.02. The van der Waals surface area contributed by atoms with Crippen molar-refractivity contribution in [3.63, 3.8) is 0 Å². The van der Waals surface area contributed by atoms with Crippen molar-refractivity contribution in [2.45, 2.75) is 24.5 Å². The number of carbonyl (C=O) groups excluding carboxylic acids is 1. The van der Waals surface area contributed by atoms with Gasteiger partial charge in [-0.15, -0.1) is 11.8 Å². The van der Waals surface area contributed by atoms with E-state index in [0.29, 0.717) is 5.56 Å². The molecule has 114 valence electrons. The molecule has 21 heavy (non-hydrogen) atoms. The number of halogens is 3. The third kappa shape index (κ3) is 3.15. The molecule has 0 aliphatic carbocycles. The van der Waals surface area contributed by atoms with Crippen LogP contribution in [-0.2, 0) is 15.8 Å². The lowest BCUT2D eigenvalue weighted by atomic mass is 10.1. The van der Waals surface area contributed by atoms with Gasteiger partial charge in [-0.25, -0.2) is 4.79 Å². The van der Waals surface area contributed by atoms with Gasteiger partial charge < -0.3 is 10.0 Å². The van der Waals surface area contributed by atoms with Crippen LogP contribution >= 0.6 is 11.8 Å². The molecular formula is C13H12F3NO3S. The SMILES string of the molecule is CC(=O)N1[C@@H](C(=O)O)CS[C@H]1c1ccc(C(F)(F)F)cc1. The fourth-order valence-corrected chi connectivity index (χ4v) is 3.65. The van der Waals surface area contributed by atoms with E-state index in [4.69, 9.17) is 5.11 Å². The Morgan fingerprint density at radius 3 is 2.29 bits per heavy atom. The molecule has 1 fully saturated rings. The summed E-state index contributed by atoms with van der Waals surface area (Å²) >= 11 is 1.22. The van der Waals surface area contributed by atoms with Crippen molar-refractivity contribution in [2.75, 3.05) is 5.75 Å². The van der Waals surface area contributed by atoms with Gasteiger partial charge in [-0.1, -0.05) is 12.1 Å². The molecule has 1 amide bonds. The molecule has 0 saturated carbocycles. The summed E-state index contributed by atoms with van der Waals surface area (Å²) in [6.07, 6.45) is -4.43. The molecule has 1 N–H and O–H groups in total. The zero-order valence-electron chi connectivity index (χ0n) is 10.9. The second-order valence-corrected chi connectivity index (χ2v) is 5.70. The van der Waals surface area contributed by atoms with Crippen LogP contribution in [0.5, 0.6) is 0 Å². The lowest BCUT2D eigenvalue weighted by Crippen LogP contribution is -2.41. The van der Waals surface area contributed by atoms with Gasteiger partial charge in [0.1, 0.15) is 11.4 Å². The summed E-state index contributed by atoms with van der Waals surface area (Å²) in [5.74, 6) is -1.33. The van der Waals surface area contributed by atoms with E-state index in [1.807, 2.05) is 0 Å². The lowest BCUT2D eigenvalue weighted by Gasteiger charge is -2.26. The summed E-state index contributed by atoms with van der Waals surface area (Å²) in [5, 5.41) is 8.51. The first kappa shape index (κ1) is 15.7. The molecule has 0 aromatic heterocycles. The number of amides is 1. The van der Waals surface area contributed by atoms with E-state index in [0.717, 1.165) is 12.1 Å². The summed E-state index contributed by atoms with van der Waals surface area (Å²) in [6, 6.07) is 3.46. The highest BCUT2D eigenvalue weighted by Crippen LogP contribution is 2.42. The number of hydrogen-bond acceptors (Lipinski definition) is 3. The van der Waals surface area contributed by atoms with Crippen molar-refractivity contribution >= 4 is 23.6 Å². The maximum Gasteiger partial charge on any atom is 0.416 e. The number of carboxylic acids is 1. The fourth-order valence-electron chi connectivity index (χ4n) is 2.17. The number of benzene rings is 1. The summed E-state index contributed by atoms with van der Waals surface area (Å²) in [6.45, 7) is 1.25. The molecule has 2 atom stereocenters. The third-order valence-electron chi connectivity index (χ3n) is 3.17. The van der Waals surface area contributed by atoms with Gasteiger partial charge in [-0.3, -0.25) is 4.79 Å². The van der Waals surface area contributed by atoms with E-state index in [-0.39, 0.29) is 5.75 Å². The Morgan fingerprint density at radius 1 is 1.29 bits per heavy atom. The molecular weight excluding hydrogens is 307 g/mol. The van der Waals surface area contributed by atoms with Crippen LogP contribution in [0, 0.1) is 0 Å². The van der Waals surface area contributed by atoms with Gasteiger partial charge in [-0.2, -0.15) is 13.2 Å². The van der Waals surface area contributed by atoms with Crippen LogP contribution in [-0.4, -0.2) is 33.7 Å². The largest absolute Gasteiger partial charge is 0.480 e. The smallest absolute Gasteiger partial charge is 0.416 e. The number of aliphatic carboxylic acids is 1. The molecule has 2 rings (SSSR count). The van der Waals surface area contributed by atoms with Gasteiger partial charge in [0.25, 0.3) is 0 Å². The second-order valence-electron chi connectivity index (χ2n) is 4.59. The average molecular weight is 319 g/mol. The number of nitrogens with zero attached hydrogens (tertiary/aromatic N) is 1. The molecule has 0 unspecified atom stereocenters. The number of thioether (sulfide) groups is 1. The zero-order chi connectivity index (χ0) is 15.8.